The summed E-state index contributed by atoms with van der Waals surface area (Å²) in [6.45, 7) is 1.66. The van der Waals surface area contributed by atoms with E-state index >= 15 is 0 Å². The van der Waals surface area contributed by atoms with Crippen molar-refractivity contribution in [3.05, 3.63) is 82.8 Å². The second-order valence-electron chi connectivity index (χ2n) is 6.45. The van der Waals surface area contributed by atoms with E-state index in [0.717, 1.165) is 5.75 Å². The number of halogens is 1. The summed E-state index contributed by atoms with van der Waals surface area (Å²) < 4.78 is 22.7. The van der Waals surface area contributed by atoms with E-state index in [1.165, 1.54) is 0 Å². The molecule has 0 heterocycles. The largest absolute Gasteiger partial charge is 0.490 e. The number of carbonyl (C=O) groups is 1. The van der Waals surface area contributed by atoms with Crippen molar-refractivity contribution >= 4 is 27.5 Å². The molecule has 0 fully saturated rings. The predicted octanol–water partition coefficient (Wildman–Crippen LogP) is 5.18. The molecule has 162 valence electrons. The number of nitrogens with one attached hydrogen (secondary N) is 1. The first-order valence-corrected chi connectivity index (χ1v) is 10.6. The molecular formula is C24H24BrNO5. The van der Waals surface area contributed by atoms with Gasteiger partial charge in [0.1, 0.15) is 37.1 Å². The quantitative estimate of drug-likeness (QED) is 0.378. The Labute approximate surface area is 190 Å². The van der Waals surface area contributed by atoms with Crippen molar-refractivity contribution in [1.29, 1.82) is 0 Å². The Morgan fingerprint density at radius 2 is 1.48 bits per heavy atom. The second kappa shape index (κ2) is 12.0. The lowest BCUT2D eigenvalue weighted by Gasteiger charge is -2.14. The summed E-state index contributed by atoms with van der Waals surface area (Å²) in [4.78, 5) is 12.7. The number of hydrogen-bond acceptors (Lipinski definition) is 5. The lowest BCUT2D eigenvalue weighted by atomic mass is 10.2. The molecule has 0 unspecified atom stereocenters. The van der Waals surface area contributed by atoms with Crippen LogP contribution in [0.4, 0.5) is 5.69 Å². The van der Waals surface area contributed by atoms with Crippen molar-refractivity contribution in [1.82, 2.24) is 0 Å². The van der Waals surface area contributed by atoms with Gasteiger partial charge in [-0.15, -0.1) is 0 Å². The Kier molecular flexibility index (Phi) is 8.75. The number of carbonyl (C=O) groups excluding carboxylic acids is 1. The van der Waals surface area contributed by atoms with Crippen LogP contribution in [0.2, 0.25) is 0 Å². The summed E-state index contributed by atoms with van der Waals surface area (Å²) >= 11 is 3.44. The van der Waals surface area contributed by atoms with Gasteiger partial charge in [-0.25, -0.2) is 0 Å². The molecule has 0 saturated carbocycles. The number of ether oxygens (including phenoxy) is 4. The molecule has 7 heteroatoms. The Balaban J connectivity index is 1.57. The normalized spacial score (nSPS) is 10.4. The minimum absolute atomic E-state index is 0.249. The van der Waals surface area contributed by atoms with E-state index in [0.29, 0.717) is 53.7 Å². The number of rotatable bonds is 11. The number of hydrogen-bond donors (Lipinski definition) is 1. The van der Waals surface area contributed by atoms with Crippen LogP contribution in [-0.4, -0.2) is 39.4 Å². The minimum atomic E-state index is -0.249. The van der Waals surface area contributed by atoms with E-state index in [9.17, 15) is 4.79 Å². The number of methoxy groups -OCH3 is 1. The SMILES string of the molecule is COCCOc1ccc(C(=O)Nc2ccccc2OCCOc2ccccc2)cc1Br. The van der Waals surface area contributed by atoms with E-state index in [1.54, 1.807) is 37.4 Å². The van der Waals surface area contributed by atoms with E-state index < -0.39 is 0 Å². The first-order valence-electron chi connectivity index (χ1n) is 9.79. The van der Waals surface area contributed by atoms with Crippen LogP contribution in [0.1, 0.15) is 10.4 Å². The Morgan fingerprint density at radius 3 is 2.26 bits per heavy atom. The van der Waals surface area contributed by atoms with Crippen molar-refractivity contribution in [2.45, 2.75) is 0 Å². The van der Waals surface area contributed by atoms with Gasteiger partial charge in [0.2, 0.25) is 0 Å². The summed E-state index contributed by atoms with van der Waals surface area (Å²) in [5.74, 6) is 1.76. The molecule has 0 aliphatic carbocycles. The van der Waals surface area contributed by atoms with Gasteiger partial charge in [0.25, 0.3) is 5.91 Å². The highest BCUT2D eigenvalue weighted by Gasteiger charge is 2.12. The summed E-state index contributed by atoms with van der Waals surface area (Å²) in [5.41, 5.74) is 1.08. The monoisotopic (exact) mass is 485 g/mol. The van der Waals surface area contributed by atoms with Crippen LogP contribution in [0, 0.1) is 0 Å². The average molecular weight is 486 g/mol. The van der Waals surface area contributed by atoms with Crippen LogP contribution in [0.25, 0.3) is 0 Å². The first kappa shape index (κ1) is 22.7. The molecule has 0 aliphatic rings. The van der Waals surface area contributed by atoms with Crippen molar-refractivity contribution in [3.8, 4) is 17.2 Å². The van der Waals surface area contributed by atoms with Crippen LogP contribution in [0.5, 0.6) is 17.2 Å². The molecule has 1 amide bonds. The van der Waals surface area contributed by atoms with Crippen LogP contribution in [0.15, 0.2) is 77.3 Å². The Bertz CT molecular complexity index is 981. The van der Waals surface area contributed by atoms with Crippen molar-refractivity contribution in [2.75, 3.05) is 38.9 Å². The number of amides is 1. The molecule has 6 nitrogen and oxygen atoms in total. The average Bonchev–Trinajstić information content (AvgIpc) is 2.79. The number of anilines is 1. The smallest absolute Gasteiger partial charge is 0.255 e. The fourth-order valence-corrected chi connectivity index (χ4v) is 3.21. The number of benzene rings is 3. The topological polar surface area (TPSA) is 66.0 Å². The minimum Gasteiger partial charge on any atom is -0.490 e. The zero-order valence-electron chi connectivity index (χ0n) is 17.2. The van der Waals surface area contributed by atoms with Crippen molar-refractivity contribution in [2.24, 2.45) is 0 Å². The van der Waals surface area contributed by atoms with E-state index in [1.807, 2.05) is 42.5 Å². The van der Waals surface area contributed by atoms with Crippen LogP contribution in [-0.2, 0) is 4.74 Å². The fraction of sp³-hybridized carbons (Fsp3) is 0.208. The van der Waals surface area contributed by atoms with Crippen LogP contribution >= 0.6 is 15.9 Å². The molecule has 0 aliphatic heterocycles. The maximum Gasteiger partial charge on any atom is 0.255 e. The van der Waals surface area contributed by atoms with Gasteiger partial charge in [-0.1, -0.05) is 30.3 Å². The fourth-order valence-electron chi connectivity index (χ4n) is 2.71. The lowest BCUT2D eigenvalue weighted by molar-refractivity contribution is 0.102. The summed E-state index contributed by atoms with van der Waals surface area (Å²) in [6.07, 6.45) is 0. The van der Waals surface area contributed by atoms with Gasteiger partial charge >= 0.3 is 0 Å². The number of para-hydroxylation sites is 3. The molecular weight excluding hydrogens is 462 g/mol. The third kappa shape index (κ3) is 7.01. The highest BCUT2D eigenvalue weighted by Crippen LogP contribution is 2.28. The summed E-state index contributed by atoms with van der Waals surface area (Å²) in [5, 5.41) is 2.90. The molecule has 1 N–H and O–H groups in total. The van der Waals surface area contributed by atoms with Crippen LogP contribution < -0.4 is 19.5 Å². The highest BCUT2D eigenvalue weighted by molar-refractivity contribution is 9.10. The zero-order valence-corrected chi connectivity index (χ0v) is 18.8. The zero-order chi connectivity index (χ0) is 21.9. The van der Waals surface area contributed by atoms with Gasteiger partial charge in [0.15, 0.2) is 0 Å². The van der Waals surface area contributed by atoms with Gasteiger partial charge in [0, 0.05) is 12.7 Å². The van der Waals surface area contributed by atoms with Crippen molar-refractivity contribution in [3.63, 3.8) is 0 Å². The molecule has 0 atom stereocenters. The van der Waals surface area contributed by atoms with Gasteiger partial charge in [0.05, 0.1) is 16.8 Å². The molecule has 0 bridgehead atoms. The van der Waals surface area contributed by atoms with E-state index in [4.69, 9.17) is 18.9 Å². The highest BCUT2D eigenvalue weighted by atomic mass is 79.9. The van der Waals surface area contributed by atoms with Crippen molar-refractivity contribution < 1.29 is 23.7 Å². The maximum atomic E-state index is 12.7. The molecule has 3 aromatic rings. The van der Waals surface area contributed by atoms with E-state index in [2.05, 4.69) is 21.2 Å². The van der Waals surface area contributed by atoms with Gasteiger partial charge < -0.3 is 24.3 Å². The molecule has 31 heavy (non-hydrogen) atoms. The molecule has 0 radical (unpaired) electrons. The van der Waals surface area contributed by atoms with E-state index in [-0.39, 0.29) is 5.91 Å². The summed E-state index contributed by atoms with van der Waals surface area (Å²) in [6, 6.07) is 22.0. The molecule has 0 saturated heterocycles. The van der Waals surface area contributed by atoms with Crippen LogP contribution in [0.3, 0.4) is 0 Å². The molecule has 3 aromatic carbocycles. The molecule has 0 aromatic heterocycles. The Morgan fingerprint density at radius 1 is 0.806 bits per heavy atom. The molecule has 3 rings (SSSR count). The second-order valence-corrected chi connectivity index (χ2v) is 7.30. The lowest BCUT2D eigenvalue weighted by Crippen LogP contribution is -2.14. The maximum absolute atomic E-state index is 12.7. The Hall–Kier alpha value is -3.03. The standard InChI is InChI=1S/C24H24BrNO5/c1-28-13-14-30-22-12-11-18(17-20(22)25)24(27)26-21-9-5-6-10-23(21)31-16-15-29-19-7-3-2-4-8-19/h2-12,17H,13-16H2,1H3,(H,26,27). The summed E-state index contributed by atoms with van der Waals surface area (Å²) in [7, 11) is 1.61. The molecule has 0 spiro atoms. The third-order valence-corrected chi connectivity index (χ3v) is 4.85. The van der Waals surface area contributed by atoms with Gasteiger partial charge in [-0.2, -0.15) is 0 Å². The van der Waals surface area contributed by atoms with Gasteiger partial charge in [-0.3, -0.25) is 4.79 Å². The third-order valence-electron chi connectivity index (χ3n) is 4.23. The first-order chi connectivity index (χ1) is 15.2. The van der Waals surface area contributed by atoms with Gasteiger partial charge in [-0.05, 0) is 58.4 Å². The predicted molar refractivity (Wildman–Crippen MR) is 123 cm³/mol.